The van der Waals surface area contributed by atoms with Gasteiger partial charge >= 0.3 is 5.97 Å². The van der Waals surface area contributed by atoms with Crippen molar-refractivity contribution in [3.8, 4) is 0 Å². The van der Waals surface area contributed by atoms with Crippen molar-refractivity contribution >= 4 is 18.6 Å². The van der Waals surface area contributed by atoms with E-state index in [1.165, 1.54) is 7.11 Å². The predicted molar refractivity (Wildman–Crippen MR) is 67.7 cm³/mol. The zero-order valence-corrected chi connectivity index (χ0v) is 11.0. The number of esters is 1. The standard InChI is InChI=1S/C8H8O2S.2C2H6/c1-10-8(9)6-2-4-7(11)5-3-6;2*1-2/h2-5,11H,1H3;2*1-2H3. The molecule has 2 nitrogen and oxygen atoms in total. The molecule has 15 heavy (non-hydrogen) atoms. The molecular weight excluding hydrogens is 208 g/mol. The van der Waals surface area contributed by atoms with Gasteiger partial charge in [0.2, 0.25) is 0 Å². The first-order valence-electron chi connectivity index (χ1n) is 5.11. The maximum atomic E-state index is 10.9. The van der Waals surface area contributed by atoms with Crippen molar-refractivity contribution in [3.63, 3.8) is 0 Å². The van der Waals surface area contributed by atoms with Crippen molar-refractivity contribution in [1.82, 2.24) is 0 Å². The average Bonchev–Trinajstić information content (AvgIpc) is 2.34. The van der Waals surface area contributed by atoms with E-state index in [1.807, 2.05) is 27.7 Å². The maximum Gasteiger partial charge on any atom is 0.337 e. The fraction of sp³-hybridized carbons (Fsp3) is 0.417. The van der Waals surface area contributed by atoms with Gasteiger partial charge in [-0.3, -0.25) is 0 Å². The minimum atomic E-state index is -0.321. The molecule has 0 aliphatic heterocycles. The van der Waals surface area contributed by atoms with E-state index in [9.17, 15) is 4.79 Å². The summed E-state index contributed by atoms with van der Waals surface area (Å²) >= 11 is 4.08. The Morgan fingerprint density at radius 1 is 1.07 bits per heavy atom. The Kier molecular flexibility index (Phi) is 12.2. The number of benzene rings is 1. The molecule has 0 atom stereocenters. The predicted octanol–water partition coefficient (Wildman–Crippen LogP) is 3.81. The summed E-state index contributed by atoms with van der Waals surface area (Å²) < 4.78 is 4.51. The Bertz CT molecular complexity index is 255. The van der Waals surface area contributed by atoms with Crippen molar-refractivity contribution in [2.24, 2.45) is 0 Å². The van der Waals surface area contributed by atoms with Crippen LogP contribution in [0.3, 0.4) is 0 Å². The van der Waals surface area contributed by atoms with Crippen LogP contribution in [0.1, 0.15) is 38.1 Å². The zero-order chi connectivity index (χ0) is 12.3. The number of ether oxygens (including phenoxy) is 1. The second kappa shape index (κ2) is 11.1. The highest BCUT2D eigenvalue weighted by Crippen LogP contribution is 2.08. The largest absolute Gasteiger partial charge is 0.465 e. The summed E-state index contributed by atoms with van der Waals surface area (Å²) in [6.45, 7) is 8.00. The Labute approximate surface area is 98.1 Å². The van der Waals surface area contributed by atoms with Crippen LogP contribution in [0.15, 0.2) is 29.2 Å². The SMILES string of the molecule is CC.CC.COC(=O)c1ccc(S)cc1. The third kappa shape index (κ3) is 7.03. The summed E-state index contributed by atoms with van der Waals surface area (Å²) in [6, 6.07) is 6.84. The Morgan fingerprint density at radius 2 is 1.47 bits per heavy atom. The molecule has 86 valence electrons. The number of carbonyl (C=O) groups excluding carboxylic acids is 1. The van der Waals surface area contributed by atoms with Crippen LogP contribution in [-0.2, 0) is 4.74 Å². The van der Waals surface area contributed by atoms with E-state index in [2.05, 4.69) is 17.4 Å². The Morgan fingerprint density at radius 3 is 1.80 bits per heavy atom. The molecule has 1 aromatic rings. The molecular formula is C12H20O2S. The molecule has 0 unspecified atom stereocenters. The molecule has 0 bridgehead atoms. The van der Waals surface area contributed by atoms with E-state index in [0.29, 0.717) is 5.56 Å². The molecule has 0 N–H and O–H groups in total. The topological polar surface area (TPSA) is 26.3 Å². The monoisotopic (exact) mass is 228 g/mol. The minimum Gasteiger partial charge on any atom is -0.465 e. The van der Waals surface area contributed by atoms with Gasteiger partial charge < -0.3 is 4.74 Å². The van der Waals surface area contributed by atoms with Crippen molar-refractivity contribution in [1.29, 1.82) is 0 Å². The van der Waals surface area contributed by atoms with Crippen LogP contribution in [0.25, 0.3) is 0 Å². The highest BCUT2D eigenvalue weighted by atomic mass is 32.1. The molecule has 0 saturated heterocycles. The third-order valence-electron chi connectivity index (χ3n) is 1.29. The van der Waals surface area contributed by atoms with Gasteiger partial charge in [0.1, 0.15) is 0 Å². The van der Waals surface area contributed by atoms with Crippen LogP contribution in [0.2, 0.25) is 0 Å². The third-order valence-corrected chi connectivity index (χ3v) is 1.59. The van der Waals surface area contributed by atoms with Gasteiger partial charge in [0.25, 0.3) is 0 Å². The summed E-state index contributed by atoms with van der Waals surface area (Å²) in [5, 5.41) is 0. The number of hydrogen-bond acceptors (Lipinski definition) is 3. The molecule has 1 rings (SSSR count). The van der Waals surface area contributed by atoms with Crippen molar-refractivity contribution in [2.45, 2.75) is 32.6 Å². The summed E-state index contributed by atoms with van der Waals surface area (Å²) in [5.41, 5.74) is 0.547. The second-order valence-electron chi connectivity index (χ2n) is 2.04. The minimum absolute atomic E-state index is 0.321. The molecule has 0 radical (unpaired) electrons. The number of rotatable bonds is 1. The van der Waals surface area contributed by atoms with Crippen molar-refractivity contribution < 1.29 is 9.53 Å². The van der Waals surface area contributed by atoms with Gasteiger partial charge in [-0.25, -0.2) is 4.79 Å². The molecule has 0 aliphatic rings. The fourth-order valence-corrected chi connectivity index (χ4v) is 0.864. The summed E-state index contributed by atoms with van der Waals surface area (Å²) in [4.78, 5) is 11.7. The van der Waals surface area contributed by atoms with Crippen LogP contribution in [0.4, 0.5) is 0 Å². The average molecular weight is 228 g/mol. The number of hydrogen-bond donors (Lipinski definition) is 1. The lowest BCUT2D eigenvalue weighted by Gasteiger charge is -1.97. The van der Waals surface area contributed by atoms with E-state index in [4.69, 9.17) is 0 Å². The summed E-state index contributed by atoms with van der Waals surface area (Å²) in [6.07, 6.45) is 0. The molecule has 0 fully saturated rings. The van der Waals surface area contributed by atoms with Crippen LogP contribution in [0, 0.1) is 0 Å². The molecule has 0 saturated carbocycles. The fourth-order valence-electron chi connectivity index (χ4n) is 0.715. The molecule has 0 heterocycles. The normalized spacial score (nSPS) is 7.60. The van der Waals surface area contributed by atoms with Crippen molar-refractivity contribution in [3.05, 3.63) is 29.8 Å². The molecule has 1 aromatic carbocycles. The van der Waals surface area contributed by atoms with E-state index in [1.54, 1.807) is 24.3 Å². The first-order valence-corrected chi connectivity index (χ1v) is 5.56. The van der Waals surface area contributed by atoms with Crippen LogP contribution in [0.5, 0.6) is 0 Å². The van der Waals surface area contributed by atoms with E-state index in [0.717, 1.165) is 4.90 Å². The first kappa shape index (κ1) is 16.5. The quantitative estimate of drug-likeness (QED) is 0.584. The second-order valence-corrected chi connectivity index (χ2v) is 2.55. The maximum absolute atomic E-state index is 10.9. The Balaban J connectivity index is 0. The lowest BCUT2D eigenvalue weighted by molar-refractivity contribution is 0.0600. The van der Waals surface area contributed by atoms with Gasteiger partial charge in [-0.15, -0.1) is 12.6 Å². The molecule has 0 aliphatic carbocycles. The van der Waals surface area contributed by atoms with E-state index in [-0.39, 0.29) is 5.97 Å². The van der Waals surface area contributed by atoms with Crippen LogP contribution in [-0.4, -0.2) is 13.1 Å². The van der Waals surface area contributed by atoms with Gasteiger partial charge in [-0.05, 0) is 24.3 Å². The zero-order valence-electron chi connectivity index (χ0n) is 10.1. The number of thiol groups is 1. The smallest absolute Gasteiger partial charge is 0.337 e. The van der Waals surface area contributed by atoms with Crippen LogP contribution < -0.4 is 0 Å². The highest BCUT2D eigenvalue weighted by Gasteiger charge is 2.02. The van der Waals surface area contributed by atoms with Gasteiger partial charge in [0, 0.05) is 4.90 Å². The van der Waals surface area contributed by atoms with Crippen LogP contribution >= 0.6 is 12.6 Å². The highest BCUT2D eigenvalue weighted by molar-refractivity contribution is 7.80. The van der Waals surface area contributed by atoms with E-state index < -0.39 is 0 Å². The van der Waals surface area contributed by atoms with Gasteiger partial charge in [0.05, 0.1) is 12.7 Å². The molecule has 0 aromatic heterocycles. The molecule has 0 amide bonds. The summed E-state index contributed by atoms with van der Waals surface area (Å²) in [5.74, 6) is -0.321. The Hall–Kier alpha value is -0.960. The van der Waals surface area contributed by atoms with Gasteiger partial charge in [0.15, 0.2) is 0 Å². The molecule has 0 spiro atoms. The van der Waals surface area contributed by atoms with Gasteiger partial charge in [-0.1, -0.05) is 27.7 Å². The summed E-state index contributed by atoms with van der Waals surface area (Å²) in [7, 11) is 1.36. The molecule has 3 heteroatoms. The van der Waals surface area contributed by atoms with Crippen molar-refractivity contribution in [2.75, 3.05) is 7.11 Å². The van der Waals surface area contributed by atoms with Gasteiger partial charge in [-0.2, -0.15) is 0 Å². The number of carbonyl (C=O) groups is 1. The van der Waals surface area contributed by atoms with E-state index >= 15 is 0 Å². The lowest BCUT2D eigenvalue weighted by Crippen LogP contribution is -1.99. The lowest BCUT2D eigenvalue weighted by atomic mass is 10.2. The number of methoxy groups -OCH3 is 1. The first-order chi connectivity index (χ1) is 7.24.